The van der Waals surface area contributed by atoms with Crippen LogP contribution in [0.3, 0.4) is 0 Å². The van der Waals surface area contributed by atoms with E-state index in [1.165, 1.54) is 6.33 Å². The Morgan fingerprint density at radius 2 is 2.11 bits per heavy atom. The van der Waals surface area contributed by atoms with Crippen molar-refractivity contribution in [2.75, 3.05) is 18.0 Å². The molecule has 0 saturated carbocycles. The summed E-state index contributed by atoms with van der Waals surface area (Å²) in [6.45, 7) is 3.40. The highest BCUT2D eigenvalue weighted by molar-refractivity contribution is 6.29. The summed E-state index contributed by atoms with van der Waals surface area (Å²) >= 11 is 5.99. The van der Waals surface area contributed by atoms with Crippen LogP contribution >= 0.6 is 11.6 Å². The number of fused-ring (bicyclic) bond motifs is 1. The van der Waals surface area contributed by atoms with Crippen LogP contribution in [0.2, 0.25) is 5.15 Å². The molecule has 0 atom stereocenters. The molecule has 1 N–H and O–H groups in total. The predicted octanol–water partition coefficient (Wildman–Crippen LogP) is 1.13. The number of piperidine rings is 1. The monoisotopic (exact) mass is 267 g/mol. The molecule has 3 heterocycles. The van der Waals surface area contributed by atoms with E-state index >= 15 is 0 Å². The van der Waals surface area contributed by atoms with Gasteiger partial charge in [-0.1, -0.05) is 11.6 Å². The van der Waals surface area contributed by atoms with Crippen molar-refractivity contribution in [3.8, 4) is 0 Å². The third kappa shape index (κ3) is 2.02. The second-order valence-corrected chi connectivity index (χ2v) is 5.28. The number of aromatic nitrogens is 4. The first-order chi connectivity index (χ1) is 8.55. The van der Waals surface area contributed by atoms with E-state index in [-0.39, 0.29) is 0 Å². The van der Waals surface area contributed by atoms with E-state index in [1.807, 2.05) is 6.92 Å². The third-order valence-corrected chi connectivity index (χ3v) is 3.56. The van der Waals surface area contributed by atoms with Gasteiger partial charge in [-0.2, -0.15) is 19.6 Å². The molecule has 1 aliphatic rings. The maximum atomic E-state index is 9.97. The van der Waals surface area contributed by atoms with E-state index < -0.39 is 5.60 Å². The molecule has 0 aromatic carbocycles. The van der Waals surface area contributed by atoms with Crippen LogP contribution in [0.15, 0.2) is 12.4 Å². The van der Waals surface area contributed by atoms with Crippen LogP contribution in [0.25, 0.3) is 5.78 Å². The normalized spacial score (nSPS) is 19.4. The fraction of sp³-hybridized carbons (Fsp3) is 0.545. The van der Waals surface area contributed by atoms with E-state index in [4.69, 9.17) is 11.6 Å². The molecule has 3 rings (SSSR count). The van der Waals surface area contributed by atoms with E-state index in [1.54, 1.807) is 10.6 Å². The van der Waals surface area contributed by atoms with Crippen LogP contribution in [0.5, 0.6) is 0 Å². The van der Waals surface area contributed by atoms with Crippen LogP contribution in [-0.2, 0) is 0 Å². The molecule has 1 aliphatic heterocycles. The fourth-order valence-corrected chi connectivity index (χ4v) is 2.38. The van der Waals surface area contributed by atoms with Gasteiger partial charge in [0.1, 0.15) is 17.3 Å². The largest absolute Gasteiger partial charge is 0.390 e. The lowest BCUT2D eigenvalue weighted by Crippen LogP contribution is -2.43. The van der Waals surface area contributed by atoms with Crippen molar-refractivity contribution in [1.29, 1.82) is 0 Å². The maximum absolute atomic E-state index is 9.97. The highest BCUT2D eigenvalue weighted by Gasteiger charge is 2.28. The first kappa shape index (κ1) is 11.7. The van der Waals surface area contributed by atoms with Crippen molar-refractivity contribution >= 4 is 23.2 Å². The maximum Gasteiger partial charge on any atom is 0.255 e. The third-order valence-electron chi connectivity index (χ3n) is 3.37. The van der Waals surface area contributed by atoms with E-state index in [2.05, 4.69) is 20.0 Å². The molecule has 2 aromatic rings. The lowest BCUT2D eigenvalue weighted by atomic mass is 9.94. The van der Waals surface area contributed by atoms with Crippen molar-refractivity contribution in [2.45, 2.75) is 25.4 Å². The topological polar surface area (TPSA) is 66.5 Å². The smallest absolute Gasteiger partial charge is 0.255 e. The van der Waals surface area contributed by atoms with Crippen LogP contribution in [0, 0.1) is 0 Å². The van der Waals surface area contributed by atoms with Gasteiger partial charge in [-0.15, -0.1) is 0 Å². The van der Waals surface area contributed by atoms with Gasteiger partial charge in [-0.25, -0.2) is 0 Å². The molecular formula is C11H14ClN5O. The molecule has 0 radical (unpaired) electrons. The van der Waals surface area contributed by atoms with E-state index in [9.17, 15) is 5.11 Å². The number of rotatable bonds is 1. The zero-order chi connectivity index (χ0) is 12.8. The zero-order valence-corrected chi connectivity index (χ0v) is 10.8. The van der Waals surface area contributed by atoms with Crippen molar-refractivity contribution < 1.29 is 5.11 Å². The van der Waals surface area contributed by atoms with Gasteiger partial charge in [-0.05, 0) is 19.8 Å². The molecule has 2 aromatic heterocycles. The number of aliphatic hydroxyl groups is 1. The van der Waals surface area contributed by atoms with Gasteiger partial charge in [0, 0.05) is 19.2 Å². The standard InChI is InChI=1S/C11H14ClN5O/c1-11(18)2-4-16(5-3-11)9-6-8(12)15-10-13-7-14-17(9)10/h6-7,18H,2-5H2,1H3. The number of hydrogen-bond donors (Lipinski definition) is 1. The second kappa shape index (κ2) is 4.07. The SMILES string of the molecule is CC1(O)CCN(c2cc(Cl)nc3ncnn23)CC1. The minimum absolute atomic E-state index is 0.405. The van der Waals surface area contributed by atoms with Gasteiger partial charge in [0.25, 0.3) is 5.78 Å². The first-order valence-electron chi connectivity index (χ1n) is 5.89. The van der Waals surface area contributed by atoms with Gasteiger partial charge < -0.3 is 10.0 Å². The van der Waals surface area contributed by atoms with Crippen LogP contribution in [0.4, 0.5) is 5.82 Å². The summed E-state index contributed by atoms with van der Waals surface area (Å²) in [5.74, 6) is 1.37. The average molecular weight is 268 g/mol. The zero-order valence-electron chi connectivity index (χ0n) is 10.0. The Hall–Kier alpha value is -1.40. The quantitative estimate of drug-likeness (QED) is 0.785. The van der Waals surface area contributed by atoms with Crippen LogP contribution in [-0.4, -0.2) is 43.4 Å². The van der Waals surface area contributed by atoms with Gasteiger partial charge >= 0.3 is 0 Å². The summed E-state index contributed by atoms with van der Waals surface area (Å²) in [7, 11) is 0. The van der Waals surface area contributed by atoms with Crippen molar-refractivity contribution in [3.63, 3.8) is 0 Å². The highest BCUT2D eigenvalue weighted by atomic mass is 35.5. The van der Waals surface area contributed by atoms with Crippen LogP contribution in [0.1, 0.15) is 19.8 Å². The summed E-state index contributed by atoms with van der Waals surface area (Å²) in [5.41, 5.74) is -0.575. The van der Waals surface area contributed by atoms with Gasteiger partial charge in [0.15, 0.2) is 0 Å². The van der Waals surface area contributed by atoms with Crippen LogP contribution < -0.4 is 4.90 Å². The van der Waals surface area contributed by atoms with Crippen molar-refractivity contribution in [2.24, 2.45) is 0 Å². The molecule has 6 nitrogen and oxygen atoms in total. The van der Waals surface area contributed by atoms with Gasteiger partial charge in [0.05, 0.1) is 5.60 Å². The van der Waals surface area contributed by atoms with E-state index in [0.717, 1.165) is 31.7 Å². The number of halogens is 1. The Kier molecular flexibility index (Phi) is 2.64. The van der Waals surface area contributed by atoms with E-state index in [0.29, 0.717) is 10.9 Å². The summed E-state index contributed by atoms with van der Waals surface area (Å²) in [6.07, 6.45) is 2.91. The fourth-order valence-electron chi connectivity index (χ4n) is 2.21. The van der Waals surface area contributed by atoms with Gasteiger partial charge in [-0.3, -0.25) is 0 Å². The summed E-state index contributed by atoms with van der Waals surface area (Å²) < 4.78 is 1.67. The van der Waals surface area contributed by atoms with Crippen molar-refractivity contribution in [1.82, 2.24) is 19.6 Å². The molecule has 0 amide bonds. The molecule has 1 fully saturated rings. The Bertz CT molecular complexity index is 572. The molecule has 0 aliphatic carbocycles. The lowest BCUT2D eigenvalue weighted by molar-refractivity contribution is 0.0349. The lowest BCUT2D eigenvalue weighted by Gasteiger charge is -2.36. The molecule has 18 heavy (non-hydrogen) atoms. The highest BCUT2D eigenvalue weighted by Crippen LogP contribution is 2.26. The minimum Gasteiger partial charge on any atom is -0.390 e. The number of hydrogen-bond acceptors (Lipinski definition) is 5. The first-order valence-corrected chi connectivity index (χ1v) is 6.27. The molecular weight excluding hydrogens is 254 g/mol. The predicted molar refractivity (Wildman–Crippen MR) is 67.9 cm³/mol. The Morgan fingerprint density at radius 1 is 1.39 bits per heavy atom. The Morgan fingerprint density at radius 3 is 2.83 bits per heavy atom. The van der Waals surface area contributed by atoms with Crippen molar-refractivity contribution in [3.05, 3.63) is 17.5 Å². The average Bonchev–Trinajstić information content (AvgIpc) is 2.76. The summed E-state index contributed by atoms with van der Waals surface area (Å²) in [4.78, 5) is 10.3. The van der Waals surface area contributed by atoms with Gasteiger partial charge in [0.2, 0.25) is 0 Å². The molecule has 0 bridgehead atoms. The molecule has 0 unspecified atom stereocenters. The second-order valence-electron chi connectivity index (χ2n) is 4.89. The molecule has 1 saturated heterocycles. The summed E-state index contributed by atoms with van der Waals surface area (Å²) in [6, 6.07) is 1.78. The number of anilines is 1. The minimum atomic E-state index is -0.575. The molecule has 0 spiro atoms. The number of nitrogens with zero attached hydrogens (tertiary/aromatic N) is 5. The summed E-state index contributed by atoms with van der Waals surface area (Å²) in [5, 5.41) is 14.5. The Labute approximate surface area is 109 Å². The molecule has 7 heteroatoms. The molecule has 96 valence electrons. The Balaban J connectivity index is 1.97.